The van der Waals surface area contributed by atoms with Gasteiger partial charge in [-0.1, -0.05) is 11.2 Å². The van der Waals surface area contributed by atoms with E-state index in [4.69, 9.17) is 4.52 Å². The van der Waals surface area contributed by atoms with Crippen molar-refractivity contribution in [1.82, 2.24) is 10.1 Å². The Kier molecular flexibility index (Phi) is 4.92. The monoisotopic (exact) mass is 305 g/mol. The predicted octanol–water partition coefficient (Wildman–Crippen LogP) is 2.89. The summed E-state index contributed by atoms with van der Waals surface area (Å²) < 4.78 is 18.5. The number of nitrogens with one attached hydrogen (secondary N) is 1. The maximum atomic E-state index is 13.5. The Balaban J connectivity index is 1.97. The Hall–Kier alpha value is -2.21. The standard InChI is InChI=1S/C16H20FN3O2/c1-10-5-6-13(8-15(10)17)18-16(21)12(3)20(4)9-14-7-11(2)22-19-14/h5-8,12H,9H2,1-4H3,(H,18,21). The molecule has 118 valence electrons. The number of aryl methyl sites for hydroxylation is 2. The molecule has 0 aliphatic rings. The third kappa shape index (κ3) is 3.92. The topological polar surface area (TPSA) is 58.4 Å². The van der Waals surface area contributed by atoms with Gasteiger partial charge >= 0.3 is 0 Å². The van der Waals surface area contributed by atoms with Crippen LogP contribution in [-0.4, -0.2) is 29.1 Å². The molecule has 0 aliphatic carbocycles. The van der Waals surface area contributed by atoms with E-state index in [0.29, 0.717) is 17.8 Å². The van der Waals surface area contributed by atoms with Crippen molar-refractivity contribution in [2.45, 2.75) is 33.4 Å². The van der Waals surface area contributed by atoms with Crippen LogP contribution in [0.25, 0.3) is 0 Å². The molecule has 22 heavy (non-hydrogen) atoms. The molecule has 1 aromatic carbocycles. The molecular weight excluding hydrogens is 285 g/mol. The lowest BCUT2D eigenvalue weighted by molar-refractivity contribution is -0.120. The van der Waals surface area contributed by atoms with Gasteiger partial charge in [-0.15, -0.1) is 0 Å². The fourth-order valence-corrected chi connectivity index (χ4v) is 2.00. The van der Waals surface area contributed by atoms with Crippen molar-refractivity contribution in [2.75, 3.05) is 12.4 Å². The van der Waals surface area contributed by atoms with E-state index in [2.05, 4.69) is 10.5 Å². The Morgan fingerprint density at radius 1 is 1.41 bits per heavy atom. The number of hydrogen-bond donors (Lipinski definition) is 1. The summed E-state index contributed by atoms with van der Waals surface area (Å²) >= 11 is 0. The van der Waals surface area contributed by atoms with Crippen LogP contribution in [0.15, 0.2) is 28.8 Å². The van der Waals surface area contributed by atoms with E-state index in [1.54, 1.807) is 26.0 Å². The minimum absolute atomic E-state index is 0.203. The van der Waals surface area contributed by atoms with Gasteiger partial charge in [0.15, 0.2) is 0 Å². The van der Waals surface area contributed by atoms with E-state index in [-0.39, 0.29) is 17.8 Å². The summed E-state index contributed by atoms with van der Waals surface area (Å²) in [6.45, 7) is 5.77. The van der Waals surface area contributed by atoms with E-state index in [9.17, 15) is 9.18 Å². The first kappa shape index (κ1) is 16.2. The molecule has 1 N–H and O–H groups in total. The van der Waals surface area contributed by atoms with Gasteiger partial charge in [-0.3, -0.25) is 9.69 Å². The quantitative estimate of drug-likeness (QED) is 0.923. The number of anilines is 1. The van der Waals surface area contributed by atoms with E-state index in [1.165, 1.54) is 6.07 Å². The number of aromatic nitrogens is 1. The summed E-state index contributed by atoms with van der Waals surface area (Å²) in [5.74, 6) is 0.193. The van der Waals surface area contributed by atoms with Crippen molar-refractivity contribution in [1.29, 1.82) is 0 Å². The van der Waals surface area contributed by atoms with Crippen LogP contribution in [0.2, 0.25) is 0 Å². The average molecular weight is 305 g/mol. The highest BCUT2D eigenvalue weighted by Gasteiger charge is 2.19. The number of nitrogens with zero attached hydrogens (tertiary/aromatic N) is 2. The first-order valence-electron chi connectivity index (χ1n) is 7.06. The molecule has 0 radical (unpaired) electrons. The van der Waals surface area contributed by atoms with Crippen LogP contribution in [0.5, 0.6) is 0 Å². The zero-order chi connectivity index (χ0) is 16.3. The first-order chi connectivity index (χ1) is 10.4. The van der Waals surface area contributed by atoms with E-state index in [0.717, 1.165) is 11.5 Å². The maximum absolute atomic E-state index is 13.5. The Morgan fingerprint density at radius 3 is 2.73 bits per heavy atom. The Morgan fingerprint density at radius 2 is 2.14 bits per heavy atom. The number of amides is 1. The second-order valence-corrected chi connectivity index (χ2v) is 5.47. The van der Waals surface area contributed by atoms with Gasteiger partial charge in [0.2, 0.25) is 5.91 Å². The van der Waals surface area contributed by atoms with Crippen LogP contribution < -0.4 is 5.32 Å². The van der Waals surface area contributed by atoms with Crippen LogP contribution in [0.1, 0.15) is 23.9 Å². The lowest BCUT2D eigenvalue weighted by atomic mass is 10.2. The molecule has 0 saturated heterocycles. The average Bonchev–Trinajstić information content (AvgIpc) is 2.87. The van der Waals surface area contributed by atoms with E-state index < -0.39 is 0 Å². The Labute approximate surface area is 129 Å². The van der Waals surface area contributed by atoms with Crippen LogP contribution in [0.3, 0.4) is 0 Å². The van der Waals surface area contributed by atoms with Crippen LogP contribution in [0.4, 0.5) is 10.1 Å². The minimum Gasteiger partial charge on any atom is -0.361 e. The van der Waals surface area contributed by atoms with Crippen molar-refractivity contribution in [2.24, 2.45) is 0 Å². The molecule has 0 spiro atoms. The zero-order valence-corrected chi connectivity index (χ0v) is 13.2. The van der Waals surface area contributed by atoms with Crippen molar-refractivity contribution >= 4 is 11.6 Å². The number of likely N-dealkylation sites (N-methyl/N-ethyl adjacent to an activating group) is 1. The van der Waals surface area contributed by atoms with Gasteiger partial charge in [0.05, 0.1) is 11.7 Å². The second kappa shape index (κ2) is 6.70. The Bertz CT molecular complexity index is 669. The molecule has 5 nitrogen and oxygen atoms in total. The smallest absolute Gasteiger partial charge is 0.241 e. The molecule has 1 amide bonds. The van der Waals surface area contributed by atoms with Gasteiger partial charge in [0.25, 0.3) is 0 Å². The summed E-state index contributed by atoms with van der Waals surface area (Å²) in [6.07, 6.45) is 0. The van der Waals surface area contributed by atoms with Gasteiger partial charge in [-0.25, -0.2) is 4.39 Å². The van der Waals surface area contributed by atoms with Crippen molar-refractivity contribution < 1.29 is 13.7 Å². The van der Waals surface area contributed by atoms with Crippen molar-refractivity contribution in [3.05, 3.63) is 47.1 Å². The maximum Gasteiger partial charge on any atom is 0.241 e. The molecule has 0 saturated carbocycles. The molecule has 2 rings (SSSR count). The van der Waals surface area contributed by atoms with Crippen molar-refractivity contribution in [3.8, 4) is 0 Å². The molecule has 1 aromatic heterocycles. The van der Waals surface area contributed by atoms with Gasteiger partial charge in [-0.2, -0.15) is 0 Å². The van der Waals surface area contributed by atoms with Crippen LogP contribution in [-0.2, 0) is 11.3 Å². The summed E-state index contributed by atoms with van der Waals surface area (Å²) in [7, 11) is 1.82. The second-order valence-electron chi connectivity index (χ2n) is 5.47. The summed E-state index contributed by atoms with van der Waals surface area (Å²) in [6, 6.07) is 6.08. The zero-order valence-electron chi connectivity index (χ0n) is 13.2. The third-order valence-electron chi connectivity index (χ3n) is 3.57. The predicted molar refractivity (Wildman–Crippen MR) is 81.9 cm³/mol. The SMILES string of the molecule is Cc1cc(CN(C)C(C)C(=O)Nc2ccc(C)c(F)c2)no1. The van der Waals surface area contributed by atoms with Crippen LogP contribution in [0, 0.1) is 19.7 Å². The highest BCUT2D eigenvalue weighted by Crippen LogP contribution is 2.15. The summed E-state index contributed by atoms with van der Waals surface area (Å²) in [4.78, 5) is 14.1. The number of halogens is 1. The normalized spacial score (nSPS) is 12.5. The van der Waals surface area contributed by atoms with Gasteiger partial charge in [-0.05, 0) is 45.5 Å². The van der Waals surface area contributed by atoms with Gasteiger partial charge in [0, 0.05) is 18.3 Å². The van der Waals surface area contributed by atoms with Gasteiger partial charge in [0.1, 0.15) is 11.6 Å². The first-order valence-corrected chi connectivity index (χ1v) is 7.06. The number of benzene rings is 1. The molecule has 2 aromatic rings. The fraction of sp³-hybridized carbons (Fsp3) is 0.375. The lowest BCUT2D eigenvalue weighted by Crippen LogP contribution is -2.39. The molecule has 0 bridgehead atoms. The highest BCUT2D eigenvalue weighted by molar-refractivity contribution is 5.94. The van der Waals surface area contributed by atoms with E-state index in [1.807, 2.05) is 24.9 Å². The van der Waals surface area contributed by atoms with Crippen molar-refractivity contribution in [3.63, 3.8) is 0 Å². The number of hydrogen-bond acceptors (Lipinski definition) is 4. The molecule has 1 unspecified atom stereocenters. The van der Waals surface area contributed by atoms with E-state index >= 15 is 0 Å². The number of rotatable bonds is 5. The van der Waals surface area contributed by atoms with Crippen LogP contribution >= 0.6 is 0 Å². The lowest BCUT2D eigenvalue weighted by Gasteiger charge is -2.22. The third-order valence-corrected chi connectivity index (χ3v) is 3.57. The molecule has 1 atom stereocenters. The highest BCUT2D eigenvalue weighted by atomic mass is 19.1. The summed E-state index contributed by atoms with van der Waals surface area (Å²) in [5.41, 5.74) is 1.76. The fourth-order valence-electron chi connectivity index (χ4n) is 2.00. The number of carbonyl (C=O) groups is 1. The molecule has 0 aliphatic heterocycles. The molecule has 6 heteroatoms. The summed E-state index contributed by atoms with van der Waals surface area (Å²) in [5, 5.41) is 6.62. The molecular formula is C16H20FN3O2. The largest absolute Gasteiger partial charge is 0.361 e. The minimum atomic E-state index is -0.388. The number of carbonyl (C=O) groups excluding carboxylic acids is 1. The molecule has 1 heterocycles. The molecule has 0 fully saturated rings. The van der Waals surface area contributed by atoms with Gasteiger partial charge < -0.3 is 9.84 Å².